The summed E-state index contributed by atoms with van der Waals surface area (Å²) in [5.41, 5.74) is 4.92. The summed E-state index contributed by atoms with van der Waals surface area (Å²) in [7, 11) is 0. The Bertz CT molecular complexity index is 963. The van der Waals surface area contributed by atoms with E-state index in [0.29, 0.717) is 0 Å². The molecule has 2 aromatic carbocycles. The molecule has 0 bridgehead atoms. The van der Waals surface area contributed by atoms with Crippen molar-refractivity contribution in [1.29, 1.82) is 0 Å². The number of nitrogens with zero attached hydrogens (tertiary/aromatic N) is 2. The molecule has 0 saturated heterocycles. The summed E-state index contributed by atoms with van der Waals surface area (Å²) in [5.74, 6) is 0. The standard InChI is InChI=1S/C22H21N3O/c1-15-9-11-16(12-10-15)21-14-18(17-6-2-3-7-19(17)24-21)22(25-26)20-8-4-5-13-23-20/h2-4,6-12,14,20,22-23H,5,13H2,1H3/t20-,22?/m1/s1. The number of rotatable bonds is 4. The third kappa shape index (κ3) is 3.16. The molecule has 1 unspecified atom stereocenters. The Labute approximate surface area is 152 Å². The van der Waals surface area contributed by atoms with Crippen molar-refractivity contribution in [2.24, 2.45) is 5.18 Å². The monoisotopic (exact) mass is 343 g/mol. The maximum atomic E-state index is 11.8. The SMILES string of the molecule is Cc1ccc(-c2cc(C(N=O)[C@H]3C=CCCN3)c3ccccc3n2)cc1. The molecule has 0 amide bonds. The van der Waals surface area contributed by atoms with Crippen LogP contribution in [-0.2, 0) is 0 Å². The molecule has 1 aliphatic heterocycles. The smallest absolute Gasteiger partial charge is 0.136 e. The number of fused-ring (bicyclic) bond motifs is 1. The normalized spacial score (nSPS) is 18.0. The summed E-state index contributed by atoms with van der Waals surface area (Å²) in [6, 6.07) is 17.7. The second-order valence-corrected chi connectivity index (χ2v) is 6.73. The van der Waals surface area contributed by atoms with Crippen molar-refractivity contribution in [2.75, 3.05) is 6.54 Å². The molecule has 1 aromatic heterocycles. The number of nitroso groups, excluding NO2 is 1. The van der Waals surface area contributed by atoms with Gasteiger partial charge in [0.25, 0.3) is 0 Å². The Morgan fingerprint density at radius 1 is 1.15 bits per heavy atom. The topological polar surface area (TPSA) is 54.4 Å². The number of aromatic nitrogens is 1. The van der Waals surface area contributed by atoms with Gasteiger partial charge in [-0.05, 0) is 37.6 Å². The van der Waals surface area contributed by atoms with Gasteiger partial charge < -0.3 is 5.32 Å². The zero-order chi connectivity index (χ0) is 17.9. The van der Waals surface area contributed by atoms with Crippen LogP contribution in [0.4, 0.5) is 0 Å². The van der Waals surface area contributed by atoms with E-state index < -0.39 is 6.04 Å². The van der Waals surface area contributed by atoms with Crippen molar-refractivity contribution < 1.29 is 0 Å². The van der Waals surface area contributed by atoms with Gasteiger partial charge in [0.2, 0.25) is 0 Å². The van der Waals surface area contributed by atoms with Crippen molar-refractivity contribution in [3.8, 4) is 11.3 Å². The van der Waals surface area contributed by atoms with Crippen LogP contribution in [0.5, 0.6) is 0 Å². The highest BCUT2D eigenvalue weighted by Crippen LogP contribution is 2.33. The van der Waals surface area contributed by atoms with Crippen LogP contribution in [0.25, 0.3) is 22.2 Å². The molecular weight excluding hydrogens is 322 g/mol. The van der Waals surface area contributed by atoms with Gasteiger partial charge in [0.05, 0.1) is 17.3 Å². The fourth-order valence-corrected chi connectivity index (χ4v) is 3.50. The zero-order valence-electron chi connectivity index (χ0n) is 14.7. The summed E-state index contributed by atoms with van der Waals surface area (Å²) in [5, 5.41) is 7.87. The zero-order valence-corrected chi connectivity index (χ0v) is 14.7. The van der Waals surface area contributed by atoms with Crippen LogP contribution < -0.4 is 5.32 Å². The first-order chi connectivity index (χ1) is 12.8. The van der Waals surface area contributed by atoms with E-state index in [2.05, 4.69) is 53.8 Å². The van der Waals surface area contributed by atoms with E-state index in [9.17, 15) is 4.91 Å². The minimum atomic E-state index is -0.483. The molecular formula is C22H21N3O. The Morgan fingerprint density at radius 3 is 2.69 bits per heavy atom. The van der Waals surface area contributed by atoms with Crippen molar-refractivity contribution in [1.82, 2.24) is 10.3 Å². The summed E-state index contributed by atoms with van der Waals surface area (Å²) in [6.45, 7) is 2.93. The van der Waals surface area contributed by atoms with E-state index >= 15 is 0 Å². The van der Waals surface area contributed by atoms with Crippen LogP contribution >= 0.6 is 0 Å². The van der Waals surface area contributed by atoms with E-state index in [1.165, 1.54) is 5.56 Å². The highest BCUT2D eigenvalue weighted by atomic mass is 16.3. The minimum absolute atomic E-state index is 0.0853. The predicted octanol–water partition coefficient (Wildman–Crippen LogP) is 4.94. The van der Waals surface area contributed by atoms with Gasteiger partial charge in [-0.2, -0.15) is 4.91 Å². The average Bonchev–Trinajstić information content (AvgIpc) is 2.70. The summed E-state index contributed by atoms with van der Waals surface area (Å²) < 4.78 is 0. The van der Waals surface area contributed by atoms with Gasteiger partial charge in [0.15, 0.2) is 0 Å². The van der Waals surface area contributed by atoms with Gasteiger partial charge in [0.1, 0.15) is 6.04 Å². The number of benzene rings is 2. The molecule has 1 aliphatic rings. The molecule has 2 heterocycles. The van der Waals surface area contributed by atoms with Gasteiger partial charge in [0, 0.05) is 10.9 Å². The lowest BCUT2D eigenvalue weighted by Crippen LogP contribution is -2.35. The molecule has 4 heteroatoms. The second-order valence-electron chi connectivity index (χ2n) is 6.73. The van der Waals surface area contributed by atoms with Gasteiger partial charge in [-0.25, -0.2) is 4.98 Å². The number of para-hydroxylation sites is 1. The van der Waals surface area contributed by atoms with Crippen LogP contribution in [0.3, 0.4) is 0 Å². The van der Waals surface area contributed by atoms with Crippen molar-refractivity contribution >= 4 is 10.9 Å². The van der Waals surface area contributed by atoms with Crippen LogP contribution in [0.15, 0.2) is 71.9 Å². The largest absolute Gasteiger partial charge is 0.308 e. The molecule has 0 fully saturated rings. The first-order valence-electron chi connectivity index (χ1n) is 8.95. The van der Waals surface area contributed by atoms with E-state index in [4.69, 9.17) is 4.98 Å². The molecule has 2 atom stereocenters. The molecule has 130 valence electrons. The minimum Gasteiger partial charge on any atom is -0.308 e. The number of hydrogen-bond donors (Lipinski definition) is 1. The van der Waals surface area contributed by atoms with Crippen LogP contribution in [0.1, 0.15) is 23.6 Å². The number of nitrogens with one attached hydrogen (secondary N) is 1. The van der Waals surface area contributed by atoms with Gasteiger partial charge in [-0.3, -0.25) is 0 Å². The van der Waals surface area contributed by atoms with E-state index in [-0.39, 0.29) is 6.04 Å². The number of pyridine rings is 1. The van der Waals surface area contributed by atoms with Crippen LogP contribution in [0.2, 0.25) is 0 Å². The van der Waals surface area contributed by atoms with Gasteiger partial charge in [-0.15, -0.1) is 0 Å². The van der Waals surface area contributed by atoms with Gasteiger partial charge in [-0.1, -0.05) is 65.4 Å². The molecule has 4 rings (SSSR count). The molecule has 0 aliphatic carbocycles. The molecule has 26 heavy (non-hydrogen) atoms. The number of aryl methyl sites for hydroxylation is 1. The highest BCUT2D eigenvalue weighted by molar-refractivity contribution is 5.85. The van der Waals surface area contributed by atoms with Crippen molar-refractivity contribution in [3.63, 3.8) is 0 Å². The Hall–Kier alpha value is -2.85. The Morgan fingerprint density at radius 2 is 1.96 bits per heavy atom. The average molecular weight is 343 g/mol. The Kier molecular flexibility index (Phi) is 4.59. The molecule has 4 nitrogen and oxygen atoms in total. The fourth-order valence-electron chi connectivity index (χ4n) is 3.50. The van der Waals surface area contributed by atoms with Crippen LogP contribution in [-0.4, -0.2) is 17.6 Å². The van der Waals surface area contributed by atoms with Gasteiger partial charge >= 0.3 is 0 Å². The maximum absolute atomic E-state index is 11.8. The quantitative estimate of drug-likeness (QED) is 0.539. The third-order valence-corrected chi connectivity index (χ3v) is 4.90. The van der Waals surface area contributed by atoms with E-state index in [1.807, 2.05) is 30.3 Å². The lowest BCUT2D eigenvalue weighted by atomic mass is 9.93. The lowest BCUT2D eigenvalue weighted by Gasteiger charge is -2.24. The summed E-state index contributed by atoms with van der Waals surface area (Å²) in [4.78, 5) is 16.6. The molecule has 3 aromatic rings. The van der Waals surface area contributed by atoms with Crippen molar-refractivity contribution in [2.45, 2.75) is 25.4 Å². The molecule has 0 radical (unpaired) electrons. The number of hydrogen-bond acceptors (Lipinski definition) is 4. The van der Waals surface area contributed by atoms with Crippen molar-refractivity contribution in [3.05, 3.63) is 82.8 Å². The lowest BCUT2D eigenvalue weighted by molar-refractivity contribution is 0.497. The summed E-state index contributed by atoms with van der Waals surface area (Å²) in [6.07, 6.45) is 5.15. The molecule has 0 spiro atoms. The summed E-state index contributed by atoms with van der Waals surface area (Å²) >= 11 is 0. The molecule has 0 saturated carbocycles. The highest BCUT2D eigenvalue weighted by Gasteiger charge is 2.25. The molecule has 1 N–H and O–H groups in total. The first kappa shape index (κ1) is 16.6. The third-order valence-electron chi connectivity index (χ3n) is 4.90. The maximum Gasteiger partial charge on any atom is 0.136 e. The second kappa shape index (κ2) is 7.18. The fraction of sp³-hybridized carbons (Fsp3) is 0.227. The first-order valence-corrected chi connectivity index (χ1v) is 8.95. The predicted molar refractivity (Wildman–Crippen MR) is 106 cm³/mol. The van der Waals surface area contributed by atoms with E-state index in [1.54, 1.807) is 0 Å². The Balaban J connectivity index is 1.89. The van der Waals surface area contributed by atoms with E-state index in [0.717, 1.165) is 40.7 Å². The van der Waals surface area contributed by atoms with Crippen LogP contribution in [0, 0.1) is 11.8 Å².